The van der Waals surface area contributed by atoms with Crippen LogP contribution in [-0.2, 0) is 11.0 Å². The molecule has 0 saturated carbocycles. The molecule has 0 heterocycles. The predicted molar refractivity (Wildman–Crippen MR) is 80.2 cm³/mol. The first-order chi connectivity index (χ1) is 12.0. The van der Waals surface area contributed by atoms with Crippen molar-refractivity contribution in [2.75, 3.05) is 0 Å². The number of alkyl halides is 6. The Balaban J connectivity index is 2.40. The van der Waals surface area contributed by atoms with Crippen molar-refractivity contribution < 1.29 is 41.0 Å². The average Bonchev–Trinajstić information content (AvgIpc) is 2.51. The van der Waals surface area contributed by atoms with Crippen LogP contribution in [0.2, 0.25) is 0 Å². The highest BCUT2D eigenvalue weighted by Crippen LogP contribution is 2.36. The van der Waals surface area contributed by atoms with E-state index in [0.29, 0.717) is 6.08 Å². The monoisotopic (exact) mass is 376 g/mol. The number of rotatable bonds is 4. The molecule has 2 rings (SSSR count). The van der Waals surface area contributed by atoms with E-state index in [9.17, 15) is 31.1 Å². The molecule has 0 fully saturated rings. The second-order valence-corrected chi connectivity index (χ2v) is 5.04. The summed E-state index contributed by atoms with van der Waals surface area (Å²) in [5, 5.41) is 8.55. The molecule has 0 spiro atoms. The van der Waals surface area contributed by atoms with Crippen molar-refractivity contribution in [3.05, 3.63) is 59.7 Å². The number of benzene rings is 2. The summed E-state index contributed by atoms with van der Waals surface area (Å²) in [6.45, 7) is 0. The van der Waals surface area contributed by atoms with Crippen LogP contribution in [0.15, 0.2) is 48.5 Å². The lowest BCUT2D eigenvalue weighted by molar-refractivity contribution is -0.274. The Morgan fingerprint density at radius 1 is 0.923 bits per heavy atom. The molecule has 0 unspecified atom stereocenters. The lowest BCUT2D eigenvalue weighted by atomic mass is 9.98. The van der Waals surface area contributed by atoms with Gasteiger partial charge in [0.2, 0.25) is 0 Å². The topological polar surface area (TPSA) is 46.5 Å². The SMILES string of the molecule is O=C(O)/C=C/c1ccc(-c2ccc(OC(F)(F)F)cc2)cc1C(F)(F)F. The molecule has 0 amide bonds. The molecule has 9 heteroatoms. The molecule has 26 heavy (non-hydrogen) atoms. The summed E-state index contributed by atoms with van der Waals surface area (Å²) in [5.41, 5.74) is -1.08. The molecule has 0 radical (unpaired) electrons. The van der Waals surface area contributed by atoms with Crippen LogP contribution in [-0.4, -0.2) is 17.4 Å². The maximum absolute atomic E-state index is 13.2. The van der Waals surface area contributed by atoms with Crippen molar-refractivity contribution in [2.45, 2.75) is 12.5 Å². The highest BCUT2D eigenvalue weighted by Gasteiger charge is 2.33. The molecular formula is C17H10F6O3. The summed E-state index contributed by atoms with van der Waals surface area (Å²) < 4.78 is 79.7. The van der Waals surface area contributed by atoms with Crippen LogP contribution in [0.5, 0.6) is 5.75 Å². The predicted octanol–water partition coefficient (Wildman–Crippen LogP) is 5.37. The van der Waals surface area contributed by atoms with Gasteiger partial charge in [0.25, 0.3) is 0 Å². The van der Waals surface area contributed by atoms with Crippen molar-refractivity contribution >= 4 is 12.0 Å². The molecule has 0 aliphatic rings. The van der Waals surface area contributed by atoms with Gasteiger partial charge in [-0.15, -0.1) is 13.2 Å². The number of aliphatic carboxylic acids is 1. The summed E-state index contributed by atoms with van der Waals surface area (Å²) in [6.07, 6.45) is -8.22. The Morgan fingerprint density at radius 2 is 1.50 bits per heavy atom. The molecule has 3 nitrogen and oxygen atoms in total. The molecule has 0 atom stereocenters. The minimum atomic E-state index is -4.87. The van der Waals surface area contributed by atoms with E-state index in [1.54, 1.807) is 0 Å². The molecular weight excluding hydrogens is 366 g/mol. The van der Waals surface area contributed by atoms with Crippen LogP contribution in [0.3, 0.4) is 0 Å². The zero-order valence-corrected chi connectivity index (χ0v) is 12.7. The zero-order chi connectivity index (χ0) is 19.5. The van der Waals surface area contributed by atoms with E-state index in [-0.39, 0.29) is 16.7 Å². The normalized spacial score (nSPS) is 12.4. The van der Waals surface area contributed by atoms with Gasteiger partial charge in [-0.1, -0.05) is 24.3 Å². The summed E-state index contributed by atoms with van der Waals surface area (Å²) in [6, 6.07) is 7.50. The molecule has 2 aromatic carbocycles. The number of carboxylic acids is 1. The Morgan fingerprint density at radius 3 is 2.00 bits per heavy atom. The van der Waals surface area contributed by atoms with E-state index in [1.165, 1.54) is 18.2 Å². The lowest BCUT2D eigenvalue weighted by Gasteiger charge is -2.13. The largest absolute Gasteiger partial charge is 0.573 e. The molecule has 0 bridgehead atoms. The van der Waals surface area contributed by atoms with Crippen molar-refractivity contribution in [3.63, 3.8) is 0 Å². The number of carbonyl (C=O) groups is 1. The van der Waals surface area contributed by atoms with Crippen molar-refractivity contribution in [1.82, 2.24) is 0 Å². The lowest BCUT2D eigenvalue weighted by Crippen LogP contribution is -2.16. The third-order valence-corrected chi connectivity index (χ3v) is 3.19. The van der Waals surface area contributed by atoms with Gasteiger partial charge in [0.05, 0.1) is 5.56 Å². The van der Waals surface area contributed by atoms with E-state index in [0.717, 1.165) is 30.3 Å². The summed E-state index contributed by atoms with van der Waals surface area (Å²) >= 11 is 0. The van der Waals surface area contributed by atoms with Crippen molar-refractivity contribution in [1.29, 1.82) is 0 Å². The molecule has 1 N–H and O–H groups in total. The Labute approximate surface area is 143 Å². The van der Waals surface area contributed by atoms with E-state index >= 15 is 0 Å². The molecule has 2 aromatic rings. The van der Waals surface area contributed by atoms with Crippen molar-refractivity contribution in [2.24, 2.45) is 0 Å². The minimum Gasteiger partial charge on any atom is -0.478 e. The van der Waals surface area contributed by atoms with Crippen LogP contribution in [0.4, 0.5) is 26.3 Å². The summed E-state index contributed by atoms with van der Waals surface area (Å²) in [4.78, 5) is 10.5. The van der Waals surface area contributed by atoms with E-state index in [4.69, 9.17) is 5.11 Å². The number of hydrogen-bond acceptors (Lipinski definition) is 2. The molecule has 0 saturated heterocycles. The molecule has 0 aromatic heterocycles. The van der Waals surface area contributed by atoms with Gasteiger partial charge in [-0.05, 0) is 41.0 Å². The fourth-order valence-corrected chi connectivity index (χ4v) is 2.14. The molecule has 0 aliphatic carbocycles. The first-order valence-electron chi connectivity index (χ1n) is 6.94. The summed E-state index contributed by atoms with van der Waals surface area (Å²) in [5.74, 6) is -1.90. The third kappa shape index (κ3) is 5.27. The number of hydrogen-bond donors (Lipinski definition) is 1. The highest BCUT2D eigenvalue weighted by molar-refractivity contribution is 5.86. The molecule has 138 valence electrons. The maximum atomic E-state index is 13.2. The average molecular weight is 376 g/mol. The number of ether oxygens (including phenoxy) is 1. The number of halogens is 6. The Bertz CT molecular complexity index is 820. The third-order valence-electron chi connectivity index (χ3n) is 3.19. The first kappa shape index (κ1) is 19.4. The Hall–Kier alpha value is -2.97. The van der Waals surface area contributed by atoms with Gasteiger partial charge in [0, 0.05) is 6.08 Å². The van der Waals surface area contributed by atoms with Crippen LogP contribution >= 0.6 is 0 Å². The fraction of sp³-hybridized carbons (Fsp3) is 0.118. The van der Waals surface area contributed by atoms with Gasteiger partial charge >= 0.3 is 18.5 Å². The maximum Gasteiger partial charge on any atom is 0.573 e. The van der Waals surface area contributed by atoms with Crippen LogP contribution in [0.1, 0.15) is 11.1 Å². The quantitative estimate of drug-likeness (QED) is 0.577. The smallest absolute Gasteiger partial charge is 0.478 e. The zero-order valence-electron chi connectivity index (χ0n) is 12.7. The van der Waals surface area contributed by atoms with Crippen LogP contribution < -0.4 is 4.74 Å². The first-order valence-corrected chi connectivity index (χ1v) is 6.94. The Kier molecular flexibility index (Phi) is 5.29. The van der Waals surface area contributed by atoms with Crippen LogP contribution in [0.25, 0.3) is 17.2 Å². The van der Waals surface area contributed by atoms with E-state index < -0.39 is 29.8 Å². The van der Waals surface area contributed by atoms with Gasteiger partial charge in [-0.3, -0.25) is 0 Å². The fourth-order valence-electron chi connectivity index (χ4n) is 2.14. The second-order valence-electron chi connectivity index (χ2n) is 5.04. The highest BCUT2D eigenvalue weighted by atomic mass is 19.4. The van der Waals surface area contributed by atoms with Gasteiger partial charge in [-0.2, -0.15) is 13.2 Å². The van der Waals surface area contributed by atoms with Gasteiger partial charge < -0.3 is 9.84 Å². The van der Waals surface area contributed by atoms with Gasteiger partial charge in [0.1, 0.15) is 5.75 Å². The molecule has 0 aliphatic heterocycles. The number of carboxylic acid groups (broad SMARTS) is 1. The van der Waals surface area contributed by atoms with Gasteiger partial charge in [0.15, 0.2) is 0 Å². The standard InChI is InChI=1S/C17H10F6O3/c18-16(19,20)14-9-12(2-1-11(14)5-8-15(24)25)10-3-6-13(7-4-10)26-17(21,22)23/h1-9H,(H,24,25)/b8-5+. The van der Waals surface area contributed by atoms with E-state index in [1.807, 2.05) is 0 Å². The van der Waals surface area contributed by atoms with Gasteiger partial charge in [-0.25, -0.2) is 4.79 Å². The minimum absolute atomic E-state index is 0.100. The summed E-state index contributed by atoms with van der Waals surface area (Å²) in [7, 11) is 0. The van der Waals surface area contributed by atoms with Crippen molar-refractivity contribution in [3.8, 4) is 16.9 Å². The van der Waals surface area contributed by atoms with E-state index in [2.05, 4.69) is 4.74 Å². The van der Waals surface area contributed by atoms with Crippen LogP contribution in [0, 0.1) is 0 Å². The second kappa shape index (κ2) is 7.11.